The fourth-order valence-electron chi connectivity index (χ4n) is 0.256. The Hall–Kier alpha value is 0.110. The second-order valence-electron chi connectivity index (χ2n) is 1.31. The zero-order valence-corrected chi connectivity index (χ0v) is 5.59. The third-order valence-electron chi connectivity index (χ3n) is 0.593. The Balaban J connectivity index is 2.82. The van der Waals surface area contributed by atoms with Gasteiger partial charge in [0, 0.05) is 0 Å². The van der Waals surface area contributed by atoms with E-state index in [-0.39, 0.29) is 0 Å². The maximum absolute atomic E-state index is 10.0. The molecule has 5 heteroatoms. The van der Waals surface area contributed by atoms with Crippen LogP contribution in [0.3, 0.4) is 0 Å². The Labute approximate surface area is 49.1 Å². The fourth-order valence-corrected chi connectivity index (χ4v) is 0.602. The van der Waals surface area contributed by atoms with Gasteiger partial charge in [0.15, 0.2) is 0 Å². The highest BCUT2D eigenvalue weighted by atomic mass is 31.1. The molecule has 0 aromatic carbocycles. The van der Waals surface area contributed by atoms with Gasteiger partial charge in [0.1, 0.15) is 0 Å². The Morgan fingerprint density at radius 3 is 2.62 bits per heavy atom. The number of rotatable bonds is 4. The number of hydrogen-bond acceptors (Lipinski definition) is 3. The van der Waals surface area contributed by atoms with Crippen molar-refractivity contribution >= 4 is 8.18 Å². The summed E-state index contributed by atoms with van der Waals surface area (Å²) in [4.78, 5) is 0. The van der Waals surface area contributed by atoms with Gasteiger partial charge in [-0.25, -0.2) is 0 Å². The van der Waals surface area contributed by atoms with Crippen LogP contribution in [0.2, 0.25) is 0 Å². The maximum Gasteiger partial charge on any atom is 0.255 e. The van der Waals surface area contributed by atoms with Gasteiger partial charge in [-0.3, -0.25) is 10.1 Å². The van der Waals surface area contributed by atoms with Crippen LogP contribution in [0.25, 0.3) is 0 Å². The lowest BCUT2D eigenvalue weighted by atomic mass is 10.5. The molecule has 0 aliphatic carbocycles. The van der Waals surface area contributed by atoms with Crippen molar-refractivity contribution in [1.82, 2.24) is 0 Å². The van der Waals surface area contributed by atoms with Crippen LogP contribution >= 0.6 is 8.18 Å². The lowest BCUT2D eigenvalue weighted by molar-refractivity contribution is 0.325. The van der Waals surface area contributed by atoms with Gasteiger partial charge in [-0.15, -0.1) is 0 Å². The van der Waals surface area contributed by atoms with Gasteiger partial charge < -0.3 is 10.3 Å². The van der Waals surface area contributed by atoms with E-state index < -0.39 is 8.18 Å². The predicted octanol–water partition coefficient (Wildman–Crippen LogP) is -0.300. The minimum absolute atomic E-state index is 0.408. The molecule has 1 unspecified atom stereocenters. The van der Waals surface area contributed by atoms with Gasteiger partial charge >= 0.3 is 0 Å². The molecule has 4 N–H and O–H groups in total. The van der Waals surface area contributed by atoms with E-state index in [9.17, 15) is 4.57 Å². The average molecular weight is 138 g/mol. The van der Waals surface area contributed by atoms with Crippen LogP contribution in [0.5, 0.6) is 0 Å². The molecule has 0 rings (SSSR count). The smallest absolute Gasteiger partial charge is 0.255 e. The SMILES string of the molecule is NCCCO[PH](N)=O. The van der Waals surface area contributed by atoms with Crippen LogP contribution in [0.1, 0.15) is 6.42 Å². The standard InChI is InChI=1S/C3H11N2O2P/c4-2-1-3-7-8(5)6/h8H,1-4H2,(H2,5,6). The number of nitrogens with two attached hydrogens (primary N) is 2. The van der Waals surface area contributed by atoms with E-state index in [1.807, 2.05) is 0 Å². The second-order valence-corrected chi connectivity index (χ2v) is 2.24. The quantitative estimate of drug-likeness (QED) is 0.413. The average Bonchev–Trinajstić information content (AvgIpc) is 1.66. The van der Waals surface area contributed by atoms with Gasteiger partial charge in [0.05, 0.1) is 6.61 Å². The van der Waals surface area contributed by atoms with E-state index >= 15 is 0 Å². The summed E-state index contributed by atoms with van der Waals surface area (Å²) in [6.07, 6.45) is 0.716. The number of hydrogen-bond donors (Lipinski definition) is 2. The molecule has 0 aliphatic rings. The molecule has 0 heterocycles. The van der Waals surface area contributed by atoms with Crippen molar-refractivity contribution in [2.75, 3.05) is 13.2 Å². The van der Waals surface area contributed by atoms with E-state index in [1.54, 1.807) is 0 Å². The molecule has 0 amide bonds. The summed E-state index contributed by atoms with van der Waals surface area (Å²) in [5.41, 5.74) is 9.92. The first-order valence-corrected chi connectivity index (χ1v) is 3.79. The summed E-state index contributed by atoms with van der Waals surface area (Å²) in [7, 11) is -2.21. The molecule has 0 saturated carbocycles. The van der Waals surface area contributed by atoms with Crippen molar-refractivity contribution in [3.63, 3.8) is 0 Å². The van der Waals surface area contributed by atoms with Crippen LogP contribution in [-0.2, 0) is 9.09 Å². The van der Waals surface area contributed by atoms with Crippen molar-refractivity contribution in [3.05, 3.63) is 0 Å². The van der Waals surface area contributed by atoms with Crippen molar-refractivity contribution < 1.29 is 9.09 Å². The monoisotopic (exact) mass is 138 g/mol. The first-order chi connectivity index (χ1) is 3.77. The summed E-state index contributed by atoms with van der Waals surface area (Å²) in [5, 5.41) is 0. The Morgan fingerprint density at radius 2 is 2.25 bits per heavy atom. The lowest BCUT2D eigenvalue weighted by Crippen LogP contribution is -2.02. The Kier molecular flexibility index (Phi) is 5.32. The molecule has 0 saturated heterocycles. The molecule has 4 nitrogen and oxygen atoms in total. The Bertz CT molecular complexity index is 77.7. The van der Waals surface area contributed by atoms with Gasteiger partial charge in [-0.2, -0.15) is 0 Å². The fraction of sp³-hybridized carbons (Fsp3) is 1.00. The van der Waals surface area contributed by atoms with E-state index in [2.05, 4.69) is 4.52 Å². The summed E-state index contributed by atoms with van der Waals surface area (Å²) in [6, 6.07) is 0. The normalized spacial score (nSPS) is 13.8. The molecule has 1 atom stereocenters. The highest BCUT2D eigenvalue weighted by Gasteiger charge is 1.86. The molecule has 0 aromatic heterocycles. The first kappa shape index (κ1) is 8.11. The first-order valence-electron chi connectivity index (χ1n) is 2.39. The molecule has 0 aromatic rings. The van der Waals surface area contributed by atoms with Gasteiger partial charge in [-0.05, 0) is 13.0 Å². The van der Waals surface area contributed by atoms with Crippen molar-refractivity contribution in [1.29, 1.82) is 0 Å². The molecular formula is C3H11N2O2P. The molecule has 0 spiro atoms. The van der Waals surface area contributed by atoms with Crippen molar-refractivity contribution in [3.8, 4) is 0 Å². The van der Waals surface area contributed by atoms with Gasteiger partial charge in [-0.1, -0.05) is 0 Å². The third-order valence-corrected chi connectivity index (χ3v) is 1.08. The van der Waals surface area contributed by atoms with Crippen LogP contribution in [0.15, 0.2) is 0 Å². The molecule has 0 radical (unpaired) electrons. The van der Waals surface area contributed by atoms with Crippen LogP contribution in [0.4, 0.5) is 0 Å². The van der Waals surface area contributed by atoms with Crippen molar-refractivity contribution in [2.24, 2.45) is 11.2 Å². The second kappa shape index (κ2) is 5.25. The summed E-state index contributed by atoms with van der Waals surface area (Å²) < 4.78 is 14.5. The maximum atomic E-state index is 10.0. The van der Waals surface area contributed by atoms with Crippen LogP contribution < -0.4 is 11.2 Å². The van der Waals surface area contributed by atoms with Crippen LogP contribution in [0, 0.1) is 0 Å². The third kappa shape index (κ3) is 6.11. The van der Waals surface area contributed by atoms with Crippen LogP contribution in [-0.4, -0.2) is 13.2 Å². The summed E-state index contributed by atoms with van der Waals surface area (Å²) in [6.45, 7) is 0.958. The zero-order chi connectivity index (χ0) is 6.41. The molecule has 0 aliphatic heterocycles. The largest absolute Gasteiger partial charge is 0.330 e. The predicted molar refractivity (Wildman–Crippen MR) is 32.8 cm³/mol. The molecule has 8 heavy (non-hydrogen) atoms. The van der Waals surface area contributed by atoms with E-state index in [4.69, 9.17) is 11.2 Å². The Morgan fingerprint density at radius 1 is 1.62 bits per heavy atom. The lowest BCUT2D eigenvalue weighted by Gasteiger charge is -1.95. The van der Waals surface area contributed by atoms with Gasteiger partial charge in [0.2, 0.25) is 0 Å². The van der Waals surface area contributed by atoms with Gasteiger partial charge in [0.25, 0.3) is 8.18 Å². The minimum Gasteiger partial charge on any atom is -0.330 e. The molecule has 0 bridgehead atoms. The van der Waals surface area contributed by atoms with Crippen molar-refractivity contribution in [2.45, 2.75) is 6.42 Å². The highest BCUT2D eigenvalue weighted by Crippen LogP contribution is 2.08. The topological polar surface area (TPSA) is 78.3 Å². The van der Waals surface area contributed by atoms with E-state index in [0.29, 0.717) is 19.6 Å². The summed E-state index contributed by atoms with van der Waals surface area (Å²) in [5.74, 6) is 0. The molecule has 0 fully saturated rings. The summed E-state index contributed by atoms with van der Waals surface area (Å²) >= 11 is 0. The molecule has 50 valence electrons. The van der Waals surface area contributed by atoms with E-state index in [1.165, 1.54) is 0 Å². The minimum atomic E-state index is -2.21. The molecular weight excluding hydrogens is 127 g/mol. The van der Waals surface area contributed by atoms with E-state index in [0.717, 1.165) is 0 Å². The highest BCUT2D eigenvalue weighted by molar-refractivity contribution is 7.36. The zero-order valence-electron chi connectivity index (χ0n) is 4.59.